The van der Waals surface area contributed by atoms with Crippen LogP contribution in [0.25, 0.3) is 0 Å². The first-order valence-corrected chi connectivity index (χ1v) is 8.78. The SMILES string of the molecule is Cn1cncc1[C@@H]1C[C@H](NC2CC(c3ccc(F)cc3)C2)CCO1. The molecule has 0 bridgehead atoms. The Morgan fingerprint density at radius 2 is 1.96 bits per heavy atom. The summed E-state index contributed by atoms with van der Waals surface area (Å²) >= 11 is 0. The molecule has 24 heavy (non-hydrogen) atoms. The van der Waals surface area contributed by atoms with Crippen LogP contribution in [-0.4, -0.2) is 28.2 Å². The van der Waals surface area contributed by atoms with Crippen molar-refractivity contribution in [1.29, 1.82) is 0 Å². The fourth-order valence-corrected chi connectivity index (χ4v) is 3.93. The maximum Gasteiger partial charge on any atom is 0.123 e. The molecule has 2 fully saturated rings. The Morgan fingerprint density at radius 1 is 1.17 bits per heavy atom. The van der Waals surface area contributed by atoms with E-state index in [2.05, 4.69) is 10.3 Å². The molecule has 1 aromatic carbocycles. The van der Waals surface area contributed by atoms with Gasteiger partial charge in [-0.25, -0.2) is 9.37 Å². The van der Waals surface area contributed by atoms with Crippen molar-refractivity contribution >= 4 is 0 Å². The molecule has 4 rings (SSSR count). The standard InChI is InChI=1S/C19H24FN3O/c1-23-12-21-11-18(23)19-10-16(6-7-24-19)22-17-8-14(9-17)13-2-4-15(20)5-3-13/h2-5,11-12,14,16-17,19,22H,6-10H2,1H3/t14?,16-,17?,19+/m1/s1. The summed E-state index contributed by atoms with van der Waals surface area (Å²) < 4.78 is 21.0. The predicted octanol–water partition coefficient (Wildman–Crippen LogP) is 3.32. The zero-order chi connectivity index (χ0) is 16.5. The van der Waals surface area contributed by atoms with Crippen LogP contribution in [0.2, 0.25) is 0 Å². The molecule has 128 valence electrons. The third kappa shape index (κ3) is 3.23. The first-order chi connectivity index (χ1) is 11.7. The topological polar surface area (TPSA) is 39.1 Å². The number of rotatable bonds is 4. The van der Waals surface area contributed by atoms with Crippen LogP contribution in [0, 0.1) is 5.82 Å². The third-order valence-electron chi connectivity index (χ3n) is 5.42. The molecule has 4 nitrogen and oxygen atoms in total. The summed E-state index contributed by atoms with van der Waals surface area (Å²) in [4.78, 5) is 4.20. The van der Waals surface area contributed by atoms with E-state index in [-0.39, 0.29) is 11.9 Å². The van der Waals surface area contributed by atoms with E-state index in [0.29, 0.717) is 18.0 Å². The lowest BCUT2D eigenvalue weighted by molar-refractivity contribution is -0.00800. The minimum absolute atomic E-state index is 0.136. The Balaban J connectivity index is 1.29. The molecule has 1 N–H and O–H groups in total. The molecule has 2 heterocycles. The zero-order valence-corrected chi connectivity index (χ0v) is 14.0. The van der Waals surface area contributed by atoms with Crippen LogP contribution >= 0.6 is 0 Å². The highest BCUT2D eigenvalue weighted by molar-refractivity contribution is 5.23. The molecule has 2 aliphatic rings. The van der Waals surface area contributed by atoms with Crippen LogP contribution in [0.1, 0.15) is 49.0 Å². The quantitative estimate of drug-likeness (QED) is 0.935. The van der Waals surface area contributed by atoms with Crippen molar-refractivity contribution in [2.45, 2.75) is 49.8 Å². The fraction of sp³-hybridized carbons (Fsp3) is 0.526. The van der Waals surface area contributed by atoms with E-state index in [1.165, 1.54) is 5.56 Å². The average molecular weight is 329 g/mol. The van der Waals surface area contributed by atoms with E-state index in [9.17, 15) is 4.39 Å². The van der Waals surface area contributed by atoms with Crippen molar-refractivity contribution in [2.24, 2.45) is 7.05 Å². The molecule has 2 atom stereocenters. The molecule has 1 saturated heterocycles. The molecular weight excluding hydrogens is 305 g/mol. The molecule has 0 unspecified atom stereocenters. The number of aromatic nitrogens is 2. The number of nitrogens with zero attached hydrogens (tertiary/aromatic N) is 2. The Morgan fingerprint density at radius 3 is 2.67 bits per heavy atom. The molecular formula is C19H24FN3O. The second-order valence-electron chi connectivity index (χ2n) is 7.09. The number of imidazole rings is 1. The molecule has 0 spiro atoms. The summed E-state index contributed by atoms with van der Waals surface area (Å²) in [5, 5.41) is 3.79. The highest BCUT2D eigenvalue weighted by Crippen LogP contribution is 2.38. The Labute approximate surface area is 142 Å². The van der Waals surface area contributed by atoms with Gasteiger partial charge in [-0.15, -0.1) is 0 Å². The molecule has 1 aliphatic heterocycles. The van der Waals surface area contributed by atoms with Gasteiger partial charge < -0.3 is 14.6 Å². The highest BCUT2D eigenvalue weighted by Gasteiger charge is 2.34. The van der Waals surface area contributed by atoms with Crippen LogP contribution < -0.4 is 5.32 Å². The fourth-order valence-electron chi connectivity index (χ4n) is 3.93. The van der Waals surface area contributed by atoms with E-state index in [1.54, 1.807) is 12.1 Å². The van der Waals surface area contributed by atoms with E-state index in [4.69, 9.17) is 4.74 Å². The Hall–Kier alpha value is -1.72. The minimum atomic E-state index is -0.156. The van der Waals surface area contributed by atoms with Gasteiger partial charge in [-0.1, -0.05) is 12.1 Å². The largest absolute Gasteiger partial charge is 0.372 e. The number of hydrogen-bond donors (Lipinski definition) is 1. The maximum absolute atomic E-state index is 13.0. The monoisotopic (exact) mass is 329 g/mol. The van der Waals surface area contributed by atoms with Gasteiger partial charge in [0, 0.05) is 25.7 Å². The van der Waals surface area contributed by atoms with Crippen LogP contribution in [0.5, 0.6) is 0 Å². The molecule has 1 aromatic heterocycles. The first kappa shape index (κ1) is 15.8. The number of aryl methyl sites for hydroxylation is 1. The van der Waals surface area contributed by atoms with Crippen molar-refractivity contribution in [3.63, 3.8) is 0 Å². The number of halogens is 1. The van der Waals surface area contributed by atoms with Crippen LogP contribution in [-0.2, 0) is 11.8 Å². The molecule has 1 saturated carbocycles. The molecule has 5 heteroatoms. The molecule has 1 aliphatic carbocycles. The van der Waals surface area contributed by atoms with Crippen LogP contribution in [0.4, 0.5) is 4.39 Å². The maximum atomic E-state index is 13.0. The van der Waals surface area contributed by atoms with E-state index < -0.39 is 0 Å². The van der Waals surface area contributed by atoms with Gasteiger partial charge in [-0.05, 0) is 49.3 Å². The Kier molecular flexibility index (Phi) is 4.37. The lowest BCUT2D eigenvalue weighted by Crippen LogP contribution is -2.47. The molecule has 2 aromatic rings. The van der Waals surface area contributed by atoms with Crippen molar-refractivity contribution in [3.8, 4) is 0 Å². The summed E-state index contributed by atoms with van der Waals surface area (Å²) in [6.45, 7) is 0.793. The van der Waals surface area contributed by atoms with Crippen molar-refractivity contribution in [2.75, 3.05) is 6.61 Å². The predicted molar refractivity (Wildman–Crippen MR) is 90.2 cm³/mol. The van der Waals surface area contributed by atoms with Gasteiger partial charge in [0.25, 0.3) is 0 Å². The summed E-state index contributed by atoms with van der Waals surface area (Å²) in [5.41, 5.74) is 2.41. The van der Waals surface area contributed by atoms with Gasteiger partial charge in [0.2, 0.25) is 0 Å². The lowest BCUT2D eigenvalue weighted by atomic mass is 9.75. The van der Waals surface area contributed by atoms with Gasteiger partial charge in [0.15, 0.2) is 0 Å². The number of nitrogens with one attached hydrogen (secondary N) is 1. The summed E-state index contributed by atoms with van der Waals surface area (Å²) in [7, 11) is 2.02. The van der Waals surface area contributed by atoms with Gasteiger partial charge in [0.1, 0.15) is 11.9 Å². The second-order valence-corrected chi connectivity index (χ2v) is 7.09. The lowest BCUT2D eigenvalue weighted by Gasteiger charge is -2.40. The van der Waals surface area contributed by atoms with Crippen LogP contribution in [0.3, 0.4) is 0 Å². The number of ether oxygens (including phenoxy) is 1. The molecule has 0 amide bonds. The van der Waals surface area contributed by atoms with Gasteiger partial charge in [-0.2, -0.15) is 0 Å². The number of hydrogen-bond acceptors (Lipinski definition) is 3. The Bertz CT molecular complexity index is 678. The molecule has 0 radical (unpaired) electrons. The third-order valence-corrected chi connectivity index (χ3v) is 5.42. The minimum Gasteiger partial charge on any atom is -0.372 e. The van der Waals surface area contributed by atoms with Crippen molar-refractivity contribution in [3.05, 3.63) is 53.9 Å². The zero-order valence-electron chi connectivity index (χ0n) is 14.0. The van der Waals surface area contributed by atoms with Crippen molar-refractivity contribution < 1.29 is 9.13 Å². The van der Waals surface area contributed by atoms with Gasteiger partial charge in [0.05, 0.1) is 18.2 Å². The number of benzene rings is 1. The van der Waals surface area contributed by atoms with E-state index in [1.807, 2.05) is 36.3 Å². The van der Waals surface area contributed by atoms with Gasteiger partial charge in [-0.3, -0.25) is 0 Å². The second kappa shape index (κ2) is 6.65. The summed E-state index contributed by atoms with van der Waals surface area (Å²) in [6.07, 6.45) is 8.20. The van der Waals surface area contributed by atoms with E-state index in [0.717, 1.165) is 38.0 Å². The van der Waals surface area contributed by atoms with Gasteiger partial charge >= 0.3 is 0 Å². The van der Waals surface area contributed by atoms with Crippen LogP contribution in [0.15, 0.2) is 36.8 Å². The summed E-state index contributed by atoms with van der Waals surface area (Å²) in [6, 6.07) is 8.03. The smallest absolute Gasteiger partial charge is 0.123 e. The highest BCUT2D eigenvalue weighted by atomic mass is 19.1. The normalized spacial score (nSPS) is 30.1. The average Bonchev–Trinajstić information content (AvgIpc) is 2.98. The van der Waals surface area contributed by atoms with E-state index >= 15 is 0 Å². The first-order valence-electron chi connectivity index (χ1n) is 8.78. The van der Waals surface area contributed by atoms with Crippen molar-refractivity contribution in [1.82, 2.24) is 14.9 Å². The summed E-state index contributed by atoms with van der Waals surface area (Å²) in [5.74, 6) is 0.409.